The first kappa shape index (κ1) is 18.4. The van der Waals surface area contributed by atoms with Crippen LogP contribution in [0.15, 0.2) is 59.5 Å². The first-order valence-electron chi connectivity index (χ1n) is 8.51. The van der Waals surface area contributed by atoms with Crippen molar-refractivity contribution < 1.29 is 17.9 Å². The van der Waals surface area contributed by atoms with Crippen LogP contribution in [-0.2, 0) is 10.0 Å². The zero-order chi connectivity index (χ0) is 18.6. The molecule has 0 aliphatic carbocycles. The van der Waals surface area contributed by atoms with Crippen LogP contribution in [0.4, 0.5) is 0 Å². The van der Waals surface area contributed by atoms with E-state index in [0.29, 0.717) is 17.9 Å². The second-order valence-electron chi connectivity index (χ2n) is 6.17. The van der Waals surface area contributed by atoms with Crippen molar-refractivity contribution in [3.8, 4) is 5.75 Å². The van der Waals surface area contributed by atoms with Crippen molar-refractivity contribution in [1.29, 1.82) is 0 Å². The quantitative estimate of drug-likeness (QED) is 0.842. The molecule has 1 amide bonds. The van der Waals surface area contributed by atoms with Gasteiger partial charge in [-0.15, -0.1) is 0 Å². The van der Waals surface area contributed by atoms with Gasteiger partial charge < -0.3 is 10.1 Å². The molecule has 0 spiro atoms. The molecule has 3 rings (SSSR count). The molecule has 1 aliphatic heterocycles. The van der Waals surface area contributed by atoms with Crippen molar-refractivity contribution in [1.82, 2.24) is 9.62 Å². The van der Waals surface area contributed by atoms with E-state index in [9.17, 15) is 13.2 Å². The number of methoxy groups -OCH3 is 1. The minimum atomic E-state index is -3.55. The molecule has 0 bridgehead atoms. The predicted octanol–water partition coefficient (Wildman–Crippen LogP) is 2.28. The van der Waals surface area contributed by atoms with Gasteiger partial charge in [0.1, 0.15) is 5.75 Å². The van der Waals surface area contributed by atoms with Crippen LogP contribution in [0, 0.1) is 0 Å². The SMILES string of the molecule is COc1cccc(C(=O)NC[C@@H]2CCCN2S(=O)(=O)c2ccccc2)c1. The minimum absolute atomic E-state index is 0.241. The maximum Gasteiger partial charge on any atom is 0.251 e. The number of nitrogens with one attached hydrogen (secondary N) is 1. The van der Waals surface area contributed by atoms with Crippen molar-refractivity contribution in [2.45, 2.75) is 23.8 Å². The van der Waals surface area contributed by atoms with Gasteiger partial charge in [0.2, 0.25) is 10.0 Å². The number of nitrogens with zero attached hydrogens (tertiary/aromatic N) is 1. The first-order valence-corrected chi connectivity index (χ1v) is 9.95. The normalized spacial score (nSPS) is 17.8. The fraction of sp³-hybridized carbons (Fsp3) is 0.316. The summed E-state index contributed by atoms with van der Waals surface area (Å²) in [5.74, 6) is 0.361. The number of rotatable bonds is 6. The summed E-state index contributed by atoms with van der Waals surface area (Å²) < 4.78 is 32.3. The Hall–Kier alpha value is -2.38. The Morgan fingerprint density at radius 3 is 2.69 bits per heavy atom. The van der Waals surface area contributed by atoms with Crippen LogP contribution in [0.3, 0.4) is 0 Å². The Kier molecular flexibility index (Phi) is 5.58. The Labute approximate surface area is 153 Å². The zero-order valence-electron chi connectivity index (χ0n) is 14.6. The van der Waals surface area contributed by atoms with Crippen molar-refractivity contribution >= 4 is 15.9 Å². The van der Waals surface area contributed by atoms with Crippen LogP contribution in [0.25, 0.3) is 0 Å². The fourth-order valence-corrected chi connectivity index (χ4v) is 4.85. The Morgan fingerprint density at radius 2 is 1.96 bits per heavy atom. The second-order valence-corrected chi connectivity index (χ2v) is 8.06. The average molecular weight is 374 g/mol. The third-order valence-electron chi connectivity index (χ3n) is 4.50. The van der Waals surface area contributed by atoms with Crippen molar-refractivity contribution in [2.75, 3.05) is 20.2 Å². The number of carbonyl (C=O) groups excluding carboxylic acids is 1. The number of ether oxygens (including phenoxy) is 1. The van der Waals surface area contributed by atoms with Gasteiger partial charge in [-0.05, 0) is 43.2 Å². The highest BCUT2D eigenvalue weighted by Crippen LogP contribution is 2.25. The maximum absolute atomic E-state index is 12.8. The number of hydrogen-bond acceptors (Lipinski definition) is 4. The number of amides is 1. The van der Waals surface area contributed by atoms with Crippen molar-refractivity contribution in [2.24, 2.45) is 0 Å². The topological polar surface area (TPSA) is 75.7 Å². The van der Waals surface area contributed by atoms with Crippen LogP contribution in [0.2, 0.25) is 0 Å². The Morgan fingerprint density at radius 1 is 1.19 bits per heavy atom. The molecule has 7 heteroatoms. The van der Waals surface area contributed by atoms with E-state index < -0.39 is 10.0 Å². The molecule has 138 valence electrons. The summed E-state index contributed by atoms with van der Waals surface area (Å²) in [6.07, 6.45) is 1.51. The summed E-state index contributed by atoms with van der Waals surface area (Å²) in [4.78, 5) is 12.6. The summed E-state index contributed by atoms with van der Waals surface area (Å²) in [6, 6.07) is 15.0. The molecule has 0 radical (unpaired) electrons. The summed E-state index contributed by atoms with van der Waals surface area (Å²) in [7, 11) is -2.01. The third kappa shape index (κ3) is 3.89. The van der Waals surface area contributed by atoms with Gasteiger partial charge >= 0.3 is 0 Å². The number of carbonyl (C=O) groups is 1. The average Bonchev–Trinajstić information content (AvgIpc) is 3.16. The third-order valence-corrected chi connectivity index (χ3v) is 6.47. The van der Waals surface area contributed by atoms with E-state index >= 15 is 0 Å². The smallest absolute Gasteiger partial charge is 0.251 e. The summed E-state index contributed by atoms with van der Waals surface area (Å²) >= 11 is 0. The van der Waals surface area contributed by atoms with Crippen LogP contribution in [-0.4, -0.2) is 44.9 Å². The van der Waals surface area contributed by atoms with E-state index in [1.54, 1.807) is 61.7 Å². The van der Waals surface area contributed by atoms with Gasteiger partial charge in [-0.25, -0.2) is 8.42 Å². The van der Waals surface area contributed by atoms with Gasteiger partial charge in [-0.2, -0.15) is 4.31 Å². The van der Waals surface area contributed by atoms with E-state index in [-0.39, 0.29) is 23.4 Å². The summed E-state index contributed by atoms with van der Waals surface area (Å²) in [5, 5.41) is 2.85. The van der Waals surface area contributed by atoms with Crippen LogP contribution in [0.5, 0.6) is 5.75 Å². The highest BCUT2D eigenvalue weighted by Gasteiger charge is 2.35. The lowest BCUT2D eigenvalue weighted by Gasteiger charge is -2.24. The summed E-state index contributed by atoms with van der Waals surface area (Å²) in [6.45, 7) is 0.749. The summed E-state index contributed by atoms with van der Waals surface area (Å²) in [5.41, 5.74) is 0.486. The number of hydrogen-bond donors (Lipinski definition) is 1. The lowest BCUT2D eigenvalue weighted by Crippen LogP contribution is -2.43. The molecule has 0 saturated carbocycles. The lowest BCUT2D eigenvalue weighted by molar-refractivity contribution is 0.0946. The molecular weight excluding hydrogens is 352 g/mol. The second kappa shape index (κ2) is 7.88. The molecular formula is C19H22N2O4S. The lowest BCUT2D eigenvalue weighted by atomic mass is 10.2. The van der Waals surface area contributed by atoms with Gasteiger partial charge in [0.15, 0.2) is 0 Å². The number of sulfonamides is 1. The van der Waals surface area contributed by atoms with Crippen LogP contribution in [0.1, 0.15) is 23.2 Å². The molecule has 2 aromatic carbocycles. The molecule has 1 saturated heterocycles. The van der Waals surface area contributed by atoms with Gasteiger partial charge in [-0.3, -0.25) is 4.79 Å². The zero-order valence-corrected chi connectivity index (χ0v) is 15.4. The molecule has 0 aromatic heterocycles. The molecule has 1 fully saturated rings. The predicted molar refractivity (Wildman–Crippen MR) is 98.7 cm³/mol. The van der Waals surface area contributed by atoms with E-state index in [4.69, 9.17) is 4.74 Å². The maximum atomic E-state index is 12.8. The molecule has 26 heavy (non-hydrogen) atoms. The molecule has 1 heterocycles. The highest BCUT2D eigenvalue weighted by atomic mass is 32.2. The number of benzene rings is 2. The van der Waals surface area contributed by atoms with Crippen LogP contribution >= 0.6 is 0 Å². The van der Waals surface area contributed by atoms with Crippen LogP contribution < -0.4 is 10.1 Å². The minimum Gasteiger partial charge on any atom is -0.497 e. The Bertz CT molecular complexity index is 868. The largest absolute Gasteiger partial charge is 0.497 e. The van der Waals surface area contributed by atoms with Gasteiger partial charge in [-0.1, -0.05) is 24.3 Å². The first-order chi connectivity index (χ1) is 12.5. The standard InChI is InChI=1S/C19H22N2O4S/c1-25-17-9-5-7-15(13-17)19(22)20-14-16-8-6-12-21(16)26(23,24)18-10-3-2-4-11-18/h2-5,7,9-11,13,16H,6,8,12,14H2,1H3,(H,20,22)/t16-/m0/s1. The van der Waals surface area contributed by atoms with E-state index in [1.807, 2.05) is 0 Å². The van der Waals surface area contributed by atoms with E-state index in [0.717, 1.165) is 12.8 Å². The molecule has 6 nitrogen and oxygen atoms in total. The van der Waals surface area contributed by atoms with Gasteiger partial charge in [0.05, 0.1) is 12.0 Å². The molecule has 2 aromatic rings. The highest BCUT2D eigenvalue weighted by molar-refractivity contribution is 7.89. The van der Waals surface area contributed by atoms with E-state index in [2.05, 4.69) is 5.32 Å². The van der Waals surface area contributed by atoms with E-state index in [1.165, 1.54) is 4.31 Å². The fourth-order valence-electron chi connectivity index (χ4n) is 3.13. The molecule has 1 atom stereocenters. The van der Waals surface area contributed by atoms with Crippen molar-refractivity contribution in [3.63, 3.8) is 0 Å². The monoisotopic (exact) mass is 374 g/mol. The van der Waals surface area contributed by atoms with Gasteiger partial charge in [0.25, 0.3) is 5.91 Å². The Balaban J connectivity index is 1.68. The van der Waals surface area contributed by atoms with Crippen molar-refractivity contribution in [3.05, 3.63) is 60.2 Å². The molecule has 0 unspecified atom stereocenters. The van der Waals surface area contributed by atoms with Gasteiger partial charge in [0, 0.05) is 24.7 Å². The molecule has 1 aliphatic rings. The molecule has 1 N–H and O–H groups in total.